The molecule has 0 aromatic heterocycles. The van der Waals surface area contributed by atoms with Gasteiger partial charge in [-0.1, -0.05) is 30.3 Å². The minimum Gasteiger partial charge on any atom is -0.508 e. The second-order valence-electron chi connectivity index (χ2n) is 7.96. The highest BCUT2D eigenvalue weighted by Crippen LogP contribution is 2.50. The molecule has 0 bridgehead atoms. The van der Waals surface area contributed by atoms with E-state index in [4.69, 9.17) is 0 Å². The molecule has 0 spiro atoms. The standard InChI is InChI=1S/C23H28N2O2/c26-20-8-6-18(7-9-20)23(27)25-22(17-10-12-24-13-11-17)15-19-14-21(19)16-4-2-1-3-5-16/h1-9,17,19,21-22,24,26H,10-15H2,(H,25,27). The van der Waals surface area contributed by atoms with E-state index >= 15 is 0 Å². The minimum absolute atomic E-state index is 0.0320. The summed E-state index contributed by atoms with van der Waals surface area (Å²) in [4.78, 5) is 12.8. The van der Waals surface area contributed by atoms with Gasteiger partial charge in [-0.25, -0.2) is 0 Å². The second kappa shape index (κ2) is 8.13. The number of hydrogen-bond acceptors (Lipinski definition) is 3. The summed E-state index contributed by atoms with van der Waals surface area (Å²) >= 11 is 0. The van der Waals surface area contributed by atoms with Gasteiger partial charge in [0.1, 0.15) is 5.75 Å². The van der Waals surface area contributed by atoms with Crippen LogP contribution in [-0.4, -0.2) is 30.1 Å². The van der Waals surface area contributed by atoms with Gasteiger partial charge < -0.3 is 15.7 Å². The fourth-order valence-electron chi connectivity index (χ4n) is 4.42. The number of aromatic hydroxyl groups is 1. The first kappa shape index (κ1) is 18.1. The Labute approximate surface area is 161 Å². The average Bonchev–Trinajstić information content (AvgIpc) is 3.48. The molecule has 3 N–H and O–H groups in total. The molecule has 1 heterocycles. The number of phenols is 1. The van der Waals surface area contributed by atoms with Crippen LogP contribution in [0.25, 0.3) is 0 Å². The Balaban J connectivity index is 1.43. The lowest BCUT2D eigenvalue weighted by atomic mass is 9.86. The molecule has 4 nitrogen and oxygen atoms in total. The average molecular weight is 364 g/mol. The first-order chi connectivity index (χ1) is 13.2. The summed E-state index contributed by atoms with van der Waals surface area (Å²) in [5, 5.41) is 16.2. The van der Waals surface area contributed by atoms with Gasteiger partial charge in [-0.05, 0) is 86.4 Å². The van der Waals surface area contributed by atoms with Gasteiger partial charge in [-0.3, -0.25) is 4.79 Å². The summed E-state index contributed by atoms with van der Waals surface area (Å²) < 4.78 is 0. The Bertz CT molecular complexity index is 754. The zero-order chi connectivity index (χ0) is 18.6. The quantitative estimate of drug-likeness (QED) is 0.733. The predicted molar refractivity (Wildman–Crippen MR) is 107 cm³/mol. The molecule has 1 saturated heterocycles. The summed E-state index contributed by atoms with van der Waals surface area (Å²) in [7, 11) is 0. The van der Waals surface area contributed by atoms with E-state index in [9.17, 15) is 9.90 Å². The number of carbonyl (C=O) groups excluding carboxylic acids is 1. The smallest absolute Gasteiger partial charge is 0.251 e. The molecule has 142 valence electrons. The highest BCUT2D eigenvalue weighted by atomic mass is 16.3. The van der Waals surface area contributed by atoms with Gasteiger partial charge in [-0.2, -0.15) is 0 Å². The van der Waals surface area contributed by atoms with Crippen molar-refractivity contribution >= 4 is 5.91 Å². The maximum atomic E-state index is 12.8. The van der Waals surface area contributed by atoms with E-state index in [1.807, 2.05) is 0 Å². The van der Waals surface area contributed by atoms with Crippen LogP contribution in [-0.2, 0) is 0 Å². The Morgan fingerprint density at radius 2 is 1.78 bits per heavy atom. The molecule has 1 aliphatic heterocycles. The number of phenolic OH excluding ortho intramolecular Hbond substituents is 1. The monoisotopic (exact) mass is 364 g/mol. The Hall–Kier alpha value is -2.33. The highest BCUT2D eigenvalue weighted by molar-refractivity contribution is 5.94. The van der Waals surface area contributed by atoms with Crippen LogP contribution in [0.1, 0.15) is 47.5 Å². The molecule has 2 aromatic carbocycles. The molecule has 1 saturated carbocycles. The number of nitrogens with one attached hydrogen (secondary N) is 2. The number of rotatable bonds is 6. The fourth-order valence-corrected chi connectivity index (χ4v) is 4.42. The minimum atomic E-state index is -0.0320. The van der Waals surface area contributed by atoms with Crippen LogP contribution in [0.5, 0.6) is 5.75 Å². The Morgan fingerprint density at radius 3 is 2.48 bits per heavy atom. The van der Waals surface area contributed by atoms with Crippen LogP contribution in [0, 0.1) is 11.8 Å². The van der Waals surface area contributed by atoms with Crippen LogP contribution in [0.3, 0.4) is 0 Å². The van der Waals surface area contributed by atoms with Crippen molar-refractivity contribution in [1.82, 2.24) is 10.6 Å². The zero-order valence-electron chi connectivity index (χ0n) is 15.6. The molecule has 1 amide bonds. The van der Waals surface area contributed by atoms with Crippen molar-refractivity contribution in [2.45, 2.75) is 37.6 Å². The van der Waals surface area contributed by atoms with Crippen LogP contribution in [0.4, 0.5) is 0 Å². The molecule has 27 heavy (non-hydrogen) atoms. The van der Waals surface area contributed by atoms with Crippen LogP contribution in [0.2, 0.25) is 0 Å². The zero-order valence-corrected chi connectivity index (χ0v) is 15.6. The lowest BCUT2D eigenvalue weighted by Crippen LogP contribution is -2.44. The Morgan fingerprint density at radius 1 is 1.07 bits per heavy atom. The van der Waals surface area contributed by atoms with Crippen LogP contribution in [0.15, 0.2) is 54.6 Å². The first-order valence-electron chi connectivity index (χ1n) is 10.1. The number of benzene rings is 2. The molecule has 4 heteroatoms. The van der Waals surface area contributed by atoms with Crippen molar-refractivity contribution < 1.29 is 9.90 Å². The topological polar surface area (TPSA) is 61.4 Å². The molecule has 0 radical (unpaired) electrons. The van der Waals surface area contributed by atoms with E-state index in [2.05, 4.69) is 41.0 Å². The van der Waals surface area contributed by atoms with Crippen LogP contribution < -0.4 is 10.6 Å². The van der Waals surface area contributed by atoms with Gasteiger partial charge in [0.2, 0.25) is 0 Å². The summed E-state index contributed by atoms with van der Waals surface area (Å²) in [6.45, 7) is 2.06. The molecule has 2 fully saturated rings. The SMILES string of the molecule is O=C(NC(CC1CC1c1ccccc1)C1CCNCC1)c1ccc(O)cc1. The molecule has 2 aromatic rings. The van der Waals surface area contributed by atoms with E-state index in [1.165, 1.54) is 12.0 Å². The molecular weight excluding hydrogens is 336 g/mol. The number of amides is 1. The molecule has 3 atom stereocenters. The van der Waals surface area contributed by atoms with E-state index in [1.54, 1.807) is 24.3 Å². The van der Waals surface area contributed by atoms with Crippen LogP contribution >= 0.6 is 0 Å². The van der Waals surface area contributed by atoms with E-state index in [0.717, 1.165) is 32.4 Å². The first-order valence-corrected chi connectivity index (χ1v) is 10.1. The molecular formula is C23H28N2O2. The molecule has 2 aliphatic rings. The summed E-state index contributed by atoms with van der Waals surface area (Å²) in [5.74, 6) is 1.98. The maximum absolute atomic E-state index is 12.8. The van der Waals surface area contributed by atoms with Crippen molar-refractivity contribution in [2.24, 2.45) is 11.8 Å². The predicted octanol–water partition coefficient (Wildman–Crippen LogP) is 3.68. The van der Waals surface area contributed by atoms with Crippen molar-refractivity contribution in [3.63, 3.8) is 0 Å². The van der Waals surface area contributed by atoms with Crippen molar-refractivity contribution in [2.75, 3.05) is 13.1 Å². The lowest BCUT2D eigenvalue weighted by molar-refractivity contribution is 0.0908. The largest absolute Gasteiger partial charge is 0.508 e. The summed E-state index contributed by atoms with van der Waals surface area (Å²) in [6, 6.07) is 17.5. The van der Waals surface area contributed by atoms with Crippen molar-refractivity contribution in [3.05, 3.63) is 65.7 Å². The van der Waals surface area contributed by atoms with Gasteiger partial charge in [-0.15, -0.1) is 0 Å². The van der Waals surface area contributed by atoms with Crippen molar-refractivity contribution in [1.29, 1.82) is 0 Å². The van der Waals surface area contributed by atoms with Crippen molar-refractivity contribution in [3.8, 4) is 5.75 Å². The lowest BCUT2D eigenvalue weighted by Gasteiger charge is -2.31. The highest BCUT2D eigenvalue weighted by Gasteiger charge is 2.41. The molecule has 4 rings (SSSR count). The van der Waals surface area contributed by atoms with Gasteiger partial charge in [0.15, 0.2) is 0 Å². The third kappa shape index (κ3) is 4.51. The fraction of sp³-hybridized carbons (Fsp3) is 0.435. The van der Waals surface area contributed by atoms with E-state index < -0.39 is 0 Å². The van der Waals surface area contributed by atoms with E-state index in [0.29, 0.717) is 23.3 Å². The second-order valence-corrected chi connectivity index (χ2v) is 7.96. The maximum Gasteiger partial charge on any atom is 0.251 e. The van der Waals surface area contributed by atoms with Gasteiger partial charge in [0, 0.05) is 11.6 Å². The van der Waals surface area contributed by atoms with Gasteiger partial charge >= 0.3 is 0 Å². The normalized spacial score (nSPS) is 23.6. The van der Waals surface area contributed by atoms with Gasteiger partial charge in [0.25, 0.3) is 5.91 Å². The molecule has 3 unspecified atom stereocenters. The summed E-state index contributed by atoms with van der Waals surface area (Å²) in [6.07, 6.45) is 4.50. The van der Waals surface area contributed by atoms with Gasteiger partial charge in [0.05, 0.1) is 0 Å². The third-order valence-electron chi connectivity index (χ3n) is 6.11. The number of hydrogen-bond donors (Lipinski definition) is 3. The Kier molecular flexibility index (Phi) is 5.44. The number of piperidine rings is 1. The van der Waals surface area contributed by atoms with E-state index in [-0.39, 0.29) is 17.7 Å². The summed E-state index contributed by atoms with van der Waals surface area (Å²) in [5.41, 5.74) is 2.04. The molecule has 1 aliphatic carbocycles. The third-order valence-corrected chi connectivity index (χ3v) is 6.11. The number of carbonyl (C=O) groups is 1.